The van der Waals surface area contributed by atoms with Gasteiger partial charge < -0.3 is 25.2 Å². The normalized spacial score (nSPS) is 35.6. The summed E-state index contributed by atoms with van der Waals surface area (Å²) in [5.41, 5.74) is 0. The van der Waals surface area contributed by atoms with Gasteiger partial charge in [-0.1, -0.05) is 0 Å². The number of cyclic esters (lactones) is 1. The van der Waals surface area contributed by atoms with E-state index in [1.807, 2.05) is 0 Å². The van der Waals surface area contributed by atoms with E-state index in [0.717, 1.165) is 0 Å². The maximum absolute atomic E-state index is 10.6. The monoisotopic (exact) mass is 192 g/mol. The lowest BCUT2D eigenvalue weighted by molar-refractivity contribution is -0.161. The average molecular weight is 192 g/mol. The average Bonchev–Trinajstić information content (AvgIpc) is 2.31. The van der Waals surface area contributed by atoms with Crippen molar-refractivity contribution < 1.29 is 34.8 Å². The molecule has 7 heteroatoms. The standard InChI is InChI=1S/C6H8O7/c7-1-2(8)6(12)13-4(1)3(9)5(10)11/h1-4,7-9H,(H,10,11)/t1-,2-,3?,4+/m1/s1. The van der Waals surface area contributed by atoms with Gasteiger partial charge in [-0.25, -0.2) is 9.59 Å². The Bertz CT molecular complexity index is 237. The molecule has 1 aliphatic heterocycles. The first kappa shape index (κ1) is 9.90. The van der Waals surface area contributed by atoms with E-state index in [1.165, 1.54) is 0 Å². The van der Waals surface area contributed by atoms with E-state index in [9.17, 15) is 9.59 Å². The van der Waals surface area contributed by atoms with Crippen LogP contribution in [0, 0.1) is 0 Å². The van der Waals surface area contributed by atoms with Gasteiger partial charge in [0.1, 0.15) is 6.10 Å². The minimum atomic E-state index is -2.03. The van der Waals surface area contributed by atoms with Crippen molar-refractivity contribution in [2.24, 2.45) is 0 Å². The predicted molar refractivity (Wildman–Crippen MR) is 35.5 cm³/mol. The van der Waals surface area contributed by atoms with Gasteiger partial charge in [-0.2, -0.15) is 0 Å². The SMILES string of the molecule is O=C(O)C(O)[C@H]1OC(=O)[C@H](O)[C@H]1O. The first-order valence-corrected chi connectivity index (χ1v) is 3.42. The summed E-state index contributed by atoms with van der Waals surface area (Å²) in [6.45, 7) is 0. The second-order valence-electron chi connectivity index (χ2n) is 2.62. The Labute approximate surface area is 72.2 Å². The van der Waals surface area contributed by atoms with E-state index in [0.29, 0.717) is 0 Å². The molecule has 4 atom stereocenters. The Hall–Kier alpha value is -1.18. The highest BCUT2D eigenvalue weighted by Crippen LogP contribution is 2.18. The van der Waals surface area contributed by atoms with Crippen molar-refractivity contribution in [3.05, 3.63) is 0 Å². The first-order chi connectivity index (χ1) is 5.95. The molecule has 1 fully saturated rings. The second kappa shape index (κ2) is 3.29. The van der Waals surface area contributed by atoms with Crippen molar-refractivity contribution >= 4 is 11.9 Å². The highest BCUT2D eigenvalue weighted by Gasteiger charge is 2.48. The molecule has 1 rings (SSSR count). The molecule has 0 saturated carbocycles. The van der Waals surface area contributed by atoms with Crippen LogP contribution in [0.3, 0.4) is 0 Å². The molecule has 1 saturated heterocycles. The summed E-state index contributed by atoms with van der Waals surface area (Å²) in [6, 6.07) is 0. The van der Waals surface area contributed by atoms with Gasteiger partial charge in [-0.15, -0.1) is 0 Å². The third-order valence-corrected chi connectivity index (χ3v) is 1.72. The molecule has 0 aromatic carbocycles. The largest absolute Gasteiger partial charge is 0.479 e. The molecule has 0 aromatic heterocycles. The number of carboxylic acids is 1. The van der Waals surface area contributed by atoms with Crippen LogP contribution >= 0.6 is 0 Å². The highest BCUT2D eigenvalue weighted by molar-refractivity contribution is 5.80. The lowest BCUT2D eigenvalue weighted by Gasteiger charge is -2.15. The van der Waals surface area contributed by atoms with Crippen LogP contribution in [0.2, 0.25) is 0 Å². The zero-order chi connectivity index (χ0) is 10.2. The Morgan fingerprint density at radius 1 is 1.46 bits per heavy atom. The molecule has 1 heterocycles. The molecule has 74 valence electrons. The molecule has 0 spiro atoms. The van der Waals surface area contributed by atoms with E-state index in [1.54, 1.807) is 0 Å². The summed E-state index contributed by atoms with van der Waals surface area (Å²) in [5, 5.41) is 35.0. The molecule has 0 radical (unpaired) electrons. The number of rotatable bonds is 2. The molecule has 0 bridgehead atoms. The van der Waals surface area contributed by atoms with Gasteiger partial charge >= 0.3 is 11.9 Å². The van der Waals surface area contributed by atoms with Crippen LogP contribution in [0.25, 0.3) is 0 Å². The number of aliphatic hydroxyl groups is 3. The number of carboxylic acid groups (broad SMARTS) is 1. The summed E-state index contributed by atoms with van der Waals surface area (Å²) in [5.74, 6) is -2.77. The van der Waals surface area contributed by atoms with Crippen LogP contribution in [-0.4, -0.2) is 56.8 Å². The summed E-state index contributed by atoms with van der Waals surface area (Å²) < 4.78 is 4.24. The van der Waals surface area contributed by atoms with Crippen molar-refractivity contribution in [2.75, 3.05) is 0 Å². The summed E-state index contributed by atoms with van der Waals surface area (Å²) in [6.07, 6.45) is -7.14. The molecule has 7 nitrogen and oxygen atoms in total. The second-order valence-corrected chi connectivity index (χ2v) is 2.62. The highest BCUT2D eigenvalue weighted by atomic mass is 16.6. The molecule has 13 heavy (non-hydrogen) atoms. The third kappa shape index (κ3) is 1.62. The lowest BCUT2D eigenvalue weighted by Crippen LogP contribution is -2.42. The van der Waals surface area contributed by atoms with Crippen LogP contribution in [0.1, 0.15) is 0 Å². The van der Waals surface area contributed by atoms with E-state index < -0.39 is 36.4 Å². The van der Waals surface area contributed by atoms with E-state index in [2.05, 4.69) is 4.74 Å². The van der Waals surface area contributed by atoms with Crippen molar-refractivity contribution in [2.45, 2.75) is 24.4 Å². The van der Waals surface area contributed by atoms with Gasteiger partial charge in [0.15, 0.2) is 18.3 Å². The third-order valence-electron chi connectivity index (χ3n) is 1.72. The van der Waals surface area contributed by atoms with Crippen molar-refractivity contribution in [3.8, 4) is 0 Å². The fourth-order valence-corrected chi connectivity index (χ4v) is 0.984. The van der Waals surface area contributed by atoms with Crippen LogP contribution in [-0.2, 0) is 14.3 Å². The lowest BCUT2D eigenvalue weighted by atomic mass is 10.1. The van der Waals surface area contributed by atoms with Crippen LogP contribution in [0.4, 0.5) is 0 Å². The van der Waals surface area contributed by atoms with E-state index in [-0.39, 0.29) is 0 Å². The Morgan fingerprint density at radius 2 is 2.00 bits per heavy atom. The number of carbonyl (C=O) groups excluding carboxylic acids is 1. The smallest absolute Gasteiger partial charge is 0.338 e. The topological polar surface area (TPSA) is 124 Å². The number of hydrogen-bond acceptors (Lipinski definition) is 6. The van der Waals surface area contributed by atoms with E-state index in [4.69, 9.17) is 20.4 Å². The maximum atomic E-state index is 10.6. The van der Waals surface area contributed by atoms with Crippen molar-refractivity contribution in [1.29, 1.82) is 0 Å². The molecular weight excluding hydrogens is 184 g/mol. The van der Waals surface area contributed by atoms with Gasteiger partial charge in [0.25, 0.3) is 0 Å². The molecule has 0 amide bonds. The Balaban J connectivity index is 2.73. The fraction of sp³-hybridized carbons (Fsp3) is 0.667. The zero-order valence-corrected chi connectivity index (χ0v) is 6.32. The van der Waals surface area contributed by atoms with Gasteiger partial charge in [-0.3, -0.25) is 0 Å². The molecular formula is C6H8O7. The molecule has 0 aliphatic carbocycles. The summed E-state index contributed by atoms with van der Waals surface area (Å²) in [7, 11) is 0. The molecule has 1 unspecified atom stereocenters. The number of aliphatic hydroxyl groups excluding tert-OH is 3. The number of carbonyl (C=O) groups is 2. The van der Waals surface area contributed by atoms with Gasteiger partial charge in [0, 0.05) is 0 Å². The summed E-state index contributed by atoms with van der Waals surface area (Å²) in [4.78, 5) is 20.8. The maximum Gasteiger partial charge on any atom is 0.338 e. The van der Waals surface area contributed by atoms with E-state index >= 15 is 0 Å². The minimum Gasteiger partial charge on any atom is -0.479 e. The number of esters is 1. The number of hydrogen-bond donors (Lipinski definition) is 4. The summed E-state index contributed by atoms with van der Waals surface area (Å²) >= 11 is 0. The molecule has 1 aliphatic rings. The molecule has 4 N–H and O–H groups in total. The van der Waals surface area contributed by atoms with Crippen LogP contribution in [0.5, 0.6) is 0 Å². The molecule has 0 aromatic rings. The quantitative estimate of drug-likeness (QED) is 0.345. The minimum absolute atomic E-state index is 1.14. The fourth-order valence-electron chi connectivity index (χ4n) is 0.984. The first-order valence-electron chi connectivity index (χ1n) is 3.42. The number of aliphatic carboxylic acids is 1. The van der Waals surface area contributed by atoms with Crippen molar-refractivity contribution in [3.63, 3.8) is 0 Å². The Kier molecular flexibility index (Phi) is 2.50. The van der Waals surface area contributed by atoms with Gasteiger partial charge in [0.05, 0.1) is 0 Å². The Morgan fingerprint density at radius 3 is 2.31 bits per heavy atom. The number of ether oxygens (including phenoxy) is 1. The van der Waals surface area contributed by atoms with Crippen LogP contribution < -0.4 is 0 Å². The van der Waals surface area contributed by atoms with Crippen molar-refractivity contribution in [1.82, 2.24) is 0 Å². The predicted octanol–water partition coefficient (Wildman–Crippen LogP) is -2.92. The van der Waals surface area contributed by atoms with Gasteiger partial charge in [0.2, 0.25) is 0 Å². The van der Waals surface area contributed by atoms with Crippen LogP contribution in [0.15, 0.2) is 0 Å². The zero-order valence-electron chi connectivity index (χ0n) is 6.32. The van der Waals surface area contributed by atoms with Gasteiger partial charge in [-0.05, 0) is 0 Å².